The normalized spacial score (nSPS) is 13.7. The van der Waals surface area contributed by atoms with Gasteiger partial charge in [-0.1, -0.05) is 18.2 Å². The molecule has 2 aromatic rings. The van der Waals surface area contributed by atoms with Gasteiger partial charge in [0.05, 0.1) is 4.92 Å². The third-order valence-corrected chi connectivity index (χ3v) is 3.27. The topological polar surface area (TPSA) is 68.1 Å². The average molecular weight is 271 g/mol. The van der Waals surface area contributed by atoms with Crippen molar-refractivity contribution in [1.82, 2.24) is 10.3 Å². The van der Waals surface area contributed by atoms with Crippen molar-refractivity contribution in [1.29, 1.82) is 0 Å². The molecule has 1 N–H and O–H groups in total. The molecule has 0 aliphatic heterocycles. The second-order valence-corrected chi connectivity index (χ2v) is 4.75. The fourth-order valence-corrected chi connectivity index (χ4v) is 2.11. The van der Waals surface area contributed by atoms with Crippen LogP contribution in [0, 0.1) is 10.1 Å². The van der Waals surface area contributed by atoms with E-state index in [1.807, 2.05) is 38.2 Å². The Balaban J connectivity index is 2.10. The van der Waals surface area contributed by atoms with Crippen LogP contribution in [-0.4, -0.2) is 9.91 Å². The molecular weight excluding hydrogens is 254 g/mol. The molecule has 1 aromatic carbocycles. The Morgan fingerprint density at radius 3 is 2.50 bits per heavy atom. The highest BCUT2D eigenvalue weighted by atomic mass is 16.6. The van der Waals surface area contributed by atoms with Crippen LogP contribution >= 0.6 is 0 Å². The first-order chi connectivity index (χ1) is 9.58. The van der Waals surface area contributed by atoms with Crippen molar-refractivity contribution in [2.45, 2.75) is 25.9 Å². The predicted octanol–water partition coefficient (Wildman–Crippen LogP) is 3.40. The third-order valence-electron chi connectivity index (χ3n) is 3.27. The standard InChI is InChI=1S/C15H17N3O2/c1-11(13-5-3-7-15(9-13)18(19)20)17-12(2)14-6-4-8-16-10-14/h3-12,17H,1-2H3. The first-order valence-corrected chi connectivity index (χ1v) is 6.48. The van der Waals surface area contributed by atoms with Crippen LogP contribution in [-0.2, 0) is 0 Å². The fourth-order valence-electron chi connectivity index (χ4n) is 2.11. The van der Waals surface area contributed by atoms with Gasteiger partial charge in [0, 0.05) is 36.6 Å². The Labute approximate surface area is 117 Å². The van der Waals surface area contributed by atoms with Crippen LogP contribution in [0.1, 0.15) is 37.1 Å². The van der Waals surface area contributed by atoms with Crippen LogP contribution < -0.4 is 5.32 Å². The zero-order valence-corrected chi connectivity index (χ0v) is 11.5. The van der Waals surface area contributed by atoms with Crippen molar-refractivity contribution >= 4 is 5.69 Å². The number of non-ortho nitro benzene ring substituents is 1. The molecular formula is C15H17N3O2. The largest absolute Gasteiger partial charge is 0.304 e. The van der Waals surface area contributed by atoms with E-state index in [1.165, 1.54) is 6.07 Å². The van der Waals surface area contributed by atoms with Crippen LogP contribution in [0.25, 0.3) is 0 Å². The zero-order chi connectivity index (χ0) is 14.5. The molecule has 0 spiro atoms. The van der Waals surface area contributed by atoms with Gasteiger partial charge in [-0.3, -0.25) is 15.1 Å². The second-order valence-electron chi connectivity index (χ2n) is 4.75. The highest BCUT2D eigenvalue weighted by Crippen LogP contribution is 2.22. The van der Waals surface area contributed by atoms with Crippen molar-refractivity contribution in [3.8, 4) is 0 Å². The molecule has 20 heavy (non-hydrogen) atoms. The van der Waals surface area contributed by atoms with E-state index < -0.39 is 0 Å². The number of nitro benzene ring substituents is 1. The summed E-state index contributed by atoms with van der Waals surface area (Å²) in [4.78, 5) is 14.5. The minimum absolute atomic E-state index is 0.0186. The summed E-state index contributed by atoms with van der Waals surface area (Å²) in [6.07, 6.45) is 3.55. The molecule has 0 saturated carbocycles. The van der Waals surface area contributed by atoms with Gasteiger partial charge in [-0.05, 0) is 31.0 Å². The fraction of sp³-hybridized carbons (Fsp3) is 0.267. The lowest BCUT2D eigenvalue weighted by Crippen LogP contribution is -2.22. The number of aromatic nitrogens is 1. The summed E-state index contributed by atoms with van der Waals surface area (Å²) in [6.45, 7) is 4.04. The lowest BCUT2D eigenvalue weighted by molar-refractivity contribution is -0.384. The maximum atomic E-state index is 10.8. The number of nitro groups is 1. The van der Waals surface area contributed by atoms with Crippen LogP contribution in [0.15, 0.2) is 48.8 Å². The quantitative estimate of drug-likeness (QED) is 0.668. The molecule has 2 atom stereocenters. The maximum absolute atomic E-state index is 10.8. The number of hydrogen-bond acceptors (Lipinski definition) is 4. The van der Waals surface area contributed by atoms with Crippen LogP contribution in [0.3, 0.4) is 0 Å². The number of hydrogen-bond donors (Lipinski definition) is 1. The Morgan fingerprint density at radius 1 is 1.15 bits per heavy atom. The van der Waals surface area contributed by atoms with E-state index in [0.717, 1.165) is 11.1 Å². The van der Waals surface area contributed by atoms with Crippen molar-refractivity contribution < 1.29 is 4.92 Å². The SMILES string of the molecule is CC(NC(C)c1cccc([N+](=O)[O-])c1)c1cccnc1. The Hall–Kier alpha value is -2.27. The summed E-state index contributed by atoms with van der Waals surface area (Å²) in [5.41, 5.74) is 2.10. The van der Waals surface area contributed by atoms with Gasteiger partial charge in [-0.25, -0.2) is 0 Å². The van der Waals surface area contributed by atoms with Crippen molar-refractivity contribution in [3.05, 3.63) is 70.0 Å². The van der Waals surface area contributed by atoms with Gasteiger partial charge in [0.25, 0.3) is 5.69 Å². The van der Waals surface area contributed by atoms with E-state index in [4.69, 9.17) is 0 Å². The Kier molecular flexibility index (Phi) is 4.42. The van der Waals surface area contributed by atoms with E-state index in [0.29, 0.717) is 0 Å². The summed E-state index contributed by atoms with van der Waals surface area (Å²) in [5.74, 6) is 0. The Bertz CT molecular complexity index is 587. The molecule has 5 nitrogen and oxygen atoms in total. The first kappa shape index (κ1) is 14.1. The van der Waals surface area contributed by atoms with Gasteiger partial charge >= 0.3 is 0 Å². The summed E-state index contributed by atoms with van der Waals surface area (Å²) in [7, 11) is 0. The minimum Gasteiger partial charge on any atom is -0.304 e. The molecule has 0 radical (unpaired) electrons. The van der Waals surface area contributed by atoms with E-state index in [-0.39, 0.29) is 22.7 Å². The molecule has 104 valence electrons. The zero-order valence-electron chi connectivity index (χ0n) is 11.5. The lowest BCUT2D eigenvalue weighted by atomic mass is 10.0. The summed E-state index contributed by atoms with van der Waals surface area (Å²) in [6, 6.07) is 10.7. The van der Waals surface area contributed by atoms with Gasteiger partial charge in [-0.15, -0.1) is 0 Å². The van der Waals surface area contributed by atoms with Gasteiger partial charge in [0.1, 0.15) is 0 Å². The summed E-state index contributed by atoms with van der Waals surface area (Å²) in [5, 5.41) is 14.2. The molecule has 0 amide bonds. The minimum atomic E-state index is -0.374. The number of nitrogens with zero attached hydrogens (tertiary/aromatic N) is 2. The maximum Gasteiger partial charge on any atom is 0.269 e. The van der Waals surface area contributed by atoms with Gasteiger partial charge < -0.3 is 5.32 Å². The number of nitrogens with one attached hydrogen (secondary N) is 1. The highest BCUT2D eigenvalue weighted by Gasteiger charge is 2.13. The lowest BCUT2D eigenvalue weighted by Gasteiger charge is -2.20. The molecule has 2 rings (SSSR count). The number of benzene rings is 1. The summed E-state index contributed by atoms with van der Waals surface area (Å²) < 4.78 is 0. The van der Waals surface area contributed by atoms with E-state index in [9.17, 15) is 10.1 Å². The van der Waals surface area contributed by atoms with E-state index >= 15 is 0 Å². The number of pyridine rings is 1. The molecule has 5 heteroatoms. The van der Waals surface area contributed by atoms with E-state index in [2.05, 4.69) is 10.3 Å². The van der Waals surface area contributed by atoms with Crippen LogP contribution in [0.4, 0.5) is 5.69 Å². The van der Waals surface area contributed by atoms with Crippen molar-refractivity contribution in [3.63, 3.8) is 0 Å². The second kappa shape index (κ2) is 6.25. The predicted molar refractivity (Wildman–Crippen MR) is 77.3 cm³/mol. The summed E-state index contributed by atoms with van der Waals surface area (Å²) >= 11 is 0. The monoisotopic (exact) mass is 271 g/mol. The van der Waals surface area contributed by atoms with Gasteiger partial charge in [-0.2, -0.15) is 0 Å². The first-order valence-electron chi connectivity index (χ1n) is 6.48. The van der Waals surface area contributed by atoms with Crippen molar-refractivity contribution in [2.75, 3.05) is 0 Å². The molecule has 1 heterocycles. The average Bonchev–Trinajstić information content (AvgIpc) is 2.48. The molecule has 0 fully saturated rings. The van der Waals surface area contributed by atoms with Crippen LogP contribution in [0.2, 0.25) is 0 Å². The van der Waals surface area contributed by atoms with Crippen molar-refractivity contribution in [2.24, 2.45) is 0 Å². The third kappa shape index (κ3) is 3.39. The van der Waals surface area contributed by atoms with Gasteiger partial charge in [0.2, 0.25) is 0 Å². The molecule has 0 bridgehead atoms. The molecule has 0 aliphatic carbocycles. The van der Waals surface area contributed by atoms with Gasteiger partial charge in [0.15, 0.2) is 0 Å². The molecule has 0 aliphatic rings. The molecule has 2 unspecified atom stereocenters. The van der Waals surface area contributed by atoms with E-state index in [1.54, 1.807) is 18.3 Å². The highest BCUT2D eigenvalue weighted by molar-refractivity contribution is 5.35. The smallest absolute Gasteiger partial charge is 0.269 e. The molecule has 1 aromatic heterocycles. The Morgan fingerprint density at radius 2 is 1.85 bits per heavy atom. The van der Waals surface area contributed by atoms with Crippen LogP contribution in [0.5, 0.6) is 0 Å². The number of rotatable bonds is 5. The molecule has 0 saturated heterocycles.